The number of nitrogens with one attached hydrogen (secondary N) is 2. The number of aromatic amines is 1. The number of thioether (sulfide) groups is 1. The highest BCUT2D eigenvalue weighted by molar-refractivity contribution is 7.99. The third-order valence-corrected chi connectivity index (χ3v) is 7.21. The van der Waals surface area contributed by atoms with Crippen LogP contribution in [-0.4, -0.2) is 38.0 Å². The molecule has 0 atom stereocenters. The summed E-state index contributed by atoms with van der Waals surface area (Å²) in [7, 11) is 0. The molecule has 0 aliphatic rings. The molecule has 0 saturated heterocycles. The van der Waals surface area contributed by atoms with E-state index in [0.717, 1.165) is 39.6 Å². The van der Waals surface area contributed by atoms with Crippen LogP contribution >= 0.6 is 11.8 Å². The molecular formula is C29H29N5O2S. The van der Waals surface area contributed by atoms with Gasteiger partial charge in [0.1, 0.15) is 5.75 Å². The van der Waals surface area contributed by atoms with Crippen LogP contribution in [0.4, 0.5) is 5.69 Å². The predicted molar refractivity (Wildman–Crippen MR) is 149 cm³/mol. The molecule has 2 heterocycles. The topological polar surface area (TPSA) is 84.8 Å². The molecule has 0 unspecified atom stereocenters. The number of carbonyl (C=O) groups excluding carboxylic acids is 1. The third kappa shape index (κ3) is 5.54. The quantitative estimate of drug-likeness (QED) is 0.230. The van der Waals surface area contributed by atoms with Crippen molar-refractivity contribution in [3.8, 4) is 17.1 Å². The van der Waals surface area contributed by atoms with Crippen molar-refractivity contribution in [2.75, 3.05) is 17.7 Å². The maximum absolute atomic E-state index is 12.7. The molecule has 0 fully saturated rings. The van der Waals surface area contributed by atoms with Gasteiger partial charge >= 0.3 is 0 Å². The summed E-state index contributed by atoms with van der Waals surface area (Å²) >= 11 is 1.38. The fourth-order valence-corrected chi connectivity index (χ4v) is 4.98. The minimum absolute atomic E-state index is 0.107. The van der Waals surface area contributed by atoms with Gasteiger partial charge in [0.15, 0.2) is 11.0 Å². The number of carbonyl (C=O) groups is 1. The first-order valence-corrected chi connectivity index (χ1v) is 13.2. The molecule has 188 valence electrons. The van der Waals surface area contributed by atoms with Gasteiger partial charge in [-0.05, 0) is 74.4 Å². The molecule has 2 aromatic heterocycles. The molecule has 0 aliphatic carbocycles. The minimum Gasteiger partial charge on any atom is -0.494 e. The number of hydrogen-bond donors (Lipinski definition) is 2. The summed E-state index contributed by atoms with van der Waals surface area (Å²) in [4.78, 5) is 16.1. The van der Waals surface area contributed by atoms with Crippen LogP contribution in [0.5, 0.6) is 5.75 Å². The van der Waals surface area contributed by atoms with E-state index >= 15 is 0 Å². The Labute approximate surface area is 220 Å². The van der Waals surface area contributed by atoms with Crippen LogP contribution in [0.25, 0.3) is 22.3 Å². The van der Waals surface area contributed by atoms with Crippen molar-refractivity contribution in [2.45, 2.75) is 32.5 Å². The zero-order valence-corrected chi connectivity index (χ0v) is 21.9. The molecule has 0 radical (unpaired) electrons. The average Bonchev–Trinajstić information content (AvgIpc) is 3.44. The third-order valence-electron chi connectivity index (χ3n) is 6.25. The number of benzene rings is 3. The van der Waals surface area contributed by atoms with Crippen molar-refractivity contribution >= 4 is 34.3 Å². The summed E-state index contributed by atoms with van der Waals surface area (Å²) in [5, 5.41) is 13.8. The van der Waals surface area contributed by atoms with E-state index in [0.29, 0.717) is 18.3 Å². The van der Waals surface area contributed by atoms with Gasteiger partial charge < -0.3 is 15.0 Å². The van der Waals surface area contributed by atoms with Crippen molar-refractivity contribution in [1.29, 1.82) is 0 Å². The summed E-state index contributed by atoms with van der Waals surface area (Å²) in [6.45, 7) is 7.36. The van der Waals surface area contributed by atoms with Gasteiger partial charge in [0.05, 0.1) is 18.9 Å². The fraction of sp³-hybridized carbons (Fsp3) is 0.207. The molecule has 5 aromatic rings. The van der Waals surface area contributed by atoms with E-state index in [4.69, 9.17) is 4.74 Å². The number of nitrogens with zero attached hydrogens (tertiary/aromatic N) is 3. The summed E-state index contributed by atoms with van der Waals surface area (Å²) in [5.74, 6) is 1.66. The Morgan fingerprint density at radius 1 is 1.03 bits per heavy atom. The van der Waals surface area contributed by atoms with Crippen LogP contribution in [0, 0.1) is 13.8 Å². The largest absolute Gasteiger partial charge is 0.494 e. The number of aromatic nitrogens is 4. The van der Waals surface area contributed by atoms with Crippen LogP contribution in [0.3, 0.4) is 0 Å². The normalized spacial score (nSPS) is 11.1. The van der Waals surface area contributed by atoms with Crippen molar-refractivity contribution in [3.05, 3.63) is 89.6 Å². The number of amides is 1. The zero-order chi connectivity index (χ0) is 25.8. The maximum Gasteiger partial charge on any atom is 0.234 e. The first-order valence-electron chi connectivity index (χ1n) is 12.2. The first kappa shape index (κ1) is 24.6. The molecule has 37 heavy (non-hydrogen) atoms. The van der Waals surface area contributed by atoms with Crippen LogP contribution in [0.15, 0.2) is 78.0 Å². The number of ether oxygens (including phenoxy) is 1. The second-order valence-electron chi connectivity index (χ2n) is 8.81. The number of rotatable bonds is 9. The standard InChI is InChI=1S/C29H29N5O2S/c1-4-36-24-13-11-23(12-14-24)31-27(35)18-37-29-33-32-28(34(29)17-21-8-6-5-7-9-21)22-10-15-26-25(16-22)19(2)20(3)30-26/h5-16,30H,4,17-18H2,1-3H3,(H,31,35). The molecule has 0 bridgehead atoms. The van der Waals surface area contributed by atoms with Crippen molar-refractivity contribution in [3.63, 3.8) is 0 Å². The lowest BCUT2D eigenvalue weighted by Gasteiger charge is -2.11. The van der Waals surface area contributed by atoms with Gasteiger partial charge in [0, 0.05) is 27.8 Å². The first-order chi connectivity index (χ1) is 18.0. The van der Waals surface area contributed by atoms with Gasteiger partial charge in [-0.15, -0.1) is 10.2 Å². The number of fused-ring (bicyclic) bond motifs is 1. The molecule has 3 aromatic carbocycles. The predicted octanol–water partition coefficient (Wildman–Crippen LogP) is 6.22. The highest BCUT2D eigenvalue weighted by atomic mass is 32.2. The van der Waals surface area contributed by atoms with Gasteiger partial charge in [-0.1, -0.05) is 42.1 Å². The molecule has 8 heteroatoms. The number of aryl methyl sites for hydroxylation is 2. The lowest BCUT2D eigenvalue weighted by molar-refractivity contribution is -0.113. The molecule has 2 N–H and O–H groups in total. The van der Waals surface area contributed by atoms with Crippen molar-refractivity contribution < 1.29 is 9.53 Å². The molecule has 5 rings (SSSR count). The number of H-pyrrole nitrogens is 1. The number of hydrogen-bond acceptors (Lipinski definition) is 5. The average molecular weight is 512 g/mol. The molecule has 0 saturated carbocycles. The Balaban J connectivity index is 1.38. The van der Waals surface area contributed by atoms with E-state index in [1.807, 2.05) is 49.4 Å². The summed E-state index contributed by atoms with van der Waals surface area (Å²) < 4.78 is 7.55. The Bertz CT molecular complexity index is 1520. The van der Waals surface area contributed by atoms with Crippen molar-refractivity contribution in [1.82, 2.24) is 19.7 Å². The van der Waals surface area contributed by atoms with Gasteiger partial charge in [0.25, 0.3) is 0 Å². The summed E-state index contributed by atoms with van der Waals surface area (Å²) in [6.07, 6.45) is 0. The monoisotopic (exact) mass is 511 g/mol. The van der Waals surface area contributed by atoms with E-state index < -0.39 is 0 Å². The van der Waals surface area contributed by atoms with Gasteiger partial charge in [-0.25, -0.2) is 0 Å². The van der Waals surface area contributed by atoms with Crippen LogP contribution in [0.1, 0.15) is 23.7 Å². The van der Waals surface area contributed by atoms with Crippen LogP contribution < -0.4 is 10.1 Å². The SMILES string of the molecule is CCOc1ccc(NC(=O)CSc2nnc(-c3ccc4[nH]c(C)c(C)c4c3)n2Cc2ccccc2)cc1. The van der Waals surface area contributed by atoms with Crippen LogP contribution in [0.2, 0.25) is 0 Å². The van der Waals surface area contributed by atoms with E-state index in [1.165, 1.54) is 22.7 Å². The van der Waals surface area contributed by atoms with E-state index in [9.17, 15) is 4.79 Å². The van der Waals surface area contributed by atoms with E-state index in [2.05, 4.69) is 69.2 Å². The smallest absolute Gasteiger partial charge is 0.234 e. The second kappa shape index (κ2) is 10.9. The lowest BCUT2D eigenvalue weighted by Crippen LogP contribution is -2.14. The van der Waals surface area contributed by atoms with E-state index in [1.54, 1.807) is 0 Å². The van der Waals surface area contributed by atoms with Crippen LogP contribution in [-0.2, 0) is 11.3 Å². The Morgan fingerprint density at radius 3 is 2.57 bits per heavy atom. The molecule has 7 nitrogen and oxygen atoms in total. The Morgan fingerprint density at radius 2 is 1.81 bits per heavy atom. The Kier molecular flexibility index (Phi) is 7.28. The van der Waals surface area contributed by atoms with Crippen molar-refractivity contribution in [2.24, 2.45) is 0 Å². The molecule has 1 amide bonds. The van der Waals surface area contributed by atoms with Gasteiger partial charge in [-0.3, -0.25) is 9.36 Å². The lowest BCUT2D eigenvalue weighted by atomic mass is 10.1. The highest BCUT2D eigenvalue weighted by Gasteiger charge is 2.17. The fourth-order valence-electron chi connectivity index (χ4n) is 4.25. The Hall–Kier alpha value is -4.04. The van der Waals surface area contributed by atoms with Gasteiger partial charge in [-0.2, -0.15) is 0 Å². The van der Waals surface area contributed by atoms with E-state index in [-0.39, 0.29) is 11.7 Å². The maximum atomic E-state index is 12.7. The summed E-state index contributed by atoms with van der Waals surface area (Å²) in [5.41, 5.74) is 6.35. The molecular weight excluding hydrogens is 482 g/mol. The minimum atomic E-state index is -0.107. The second-order valence-corrected chi connectivity index (χ2v) is 9.75. The molecule has 0 spiro atoms. The number of anilines is 1. The zero-order valence-electron chi connectivity index (χ0n) is 21.1. The highest BCUT2D eigenvalue weighted by Crippen LogP contribution is 2.30. The molecule has 0 aliphatic heterocycles. The summed E-state index contributed by atoms with van der Waals surface area (Å²) in [6, 6.07) is 23.9. The van der Waals surface area contributed by atoms with Gasteiger partial charge in [0.2, 0.25) is 5.91 Å².